The van der Waals surface area contributed by atoms with Crippen LogP contribution in [0.5, 0.6) is 5.75 Å². The molecule has 3 aromatic carbocycles. The minimum absolute atomic E-state index is 0.0761. The van der Waals surface area contributed by atoms with Gasteiger partial charge < -0.3 is 4.74 Å². The smallest absolute Gasteiger partial charge is 0.270 e. The molecule has 0 heterocycles. The number of rotatable bonds is 7. The maximum atomic E-state index is 12.6. The zero-order chi connectivity index (χ0) is 21.5. The van der Waals surface area contributed by atoms with Gasteiger partial charge in [-0.2, -0.15) is 5.26 Å². The second-order valence-electron chi connectivity index (χ2n) is 6.29. The van der Waals surface area contributed by atoms with Crippen molar-refractivity contribution < 1.29 is 14.5 Å². The molecule has 6 nitrogen and oxygen atoms in total. The second-order valence-corrected chi connectivity index (χ2v) is 6.73. The van der Waals surface area contributed by atoms with E-state index in [9.17, 15) is 20.2 Å². The molecule has 3 aromatic rings. The van der Waals surface area contributed by atoms with Crippen LogP contribution in [0, 0.1) is 21.4 Å². The van der Waals surface area contributed by atoms with E-state index in [1.807, 2.05) is 18.2 Å². The number of carbonyl (C=O) groups excluding carboxylic acids is 1. The molecule has 0 amide bonds. The number of nitriles is 1. The van der Waals surface area contributed by atoms with Gasteiger partial charge in [-0.15, -0.1) is 0 Å². The van der Waals surface area contributed by atoms with Gasteiger partial charge in [0.1, 0.15) is 24.0 Å². The van der Waals surface area contributed by atoms with Crippen molar-refractivity contribution in [1.29, 1.82) is 5.26 Å². The second kappa shape index (κ2) is 9.50. The largest absolute Gasteiger partial charge is 0.489 e. The Balaban J connectivity index is 1.78. The number of carbonyl (C=O) groups is 1. The first-order chi connectivity index (χ1) is 14.5. The number of ketones is 1. The number of nitro benzene ring substituents is 1. The Labute approximate surface area is 177 Å². The summed E-state index contributed by atoms with van der Waals surface area (Å²) in [6.45, 7) is 0.335. The van der Waals surface area contributed by atoms with Crippen molar-refractivity contribution in [3.05, 3.63) is 110 Å². The molecule has 30 heavy (non-hydrogen) atoms. The highest BCUT2D eigenvalue weighted by atomic mass is 35.5. The maximum Gasteiger partial charge on any atom is 0.270 e. The van der Waals surface area contributed by atoms with Crippen molar-refractivity contribution in [3.63, 3.8) is 0 Å². The standard InChI is InChI=1S/C23H15ClN2O4/c24-20-9-7-16(8-10-20)15-30-22-6-1-3-17(12-22)11-19(14-25)23(27)18-4-2-5-21(13-18)26(28)29/h1-13H,15H2/b19-11+. The molecule has 0 unspecified atom stereocenters. The lowest BCUT2D eigenvalue weighted by atomic mass is 10.0. The number of ether oxygens (including phenoxy) is 1. The van der Waals surface area contributed by atoms with Crippen LogP contribution < -0.4 is 4.74 Å². The lowest BCUT2D eigenvalue weighted by Gasteiger charge is -2.07. The number of non-ortho nitro benzene ring substituents is 1. The fourth-order valence-electron chi connectivity index (χ4n) is 2.67. The van der Waals surface area contributed by atoms with Gasteiger partial charge >= 0.3 is 0 Å². The first-order valence-corrected chi connectivity index (χ1v) is 9.22. The molecule has 0 radical (unpaired) electrons. The van der Waals surface area contributed by atoms with E-state index in [1.165, 1.54) is 24.3 Å². The van der Waals surface area contributed by atoms with Crippen molar-refractivity contribution in [1.82, 2.24) is 0 Å². The summed E-state index contributed by atoms with van der Waals surface area (Å²) in [5, 5.41) is 21.0. The van der Waals surface area contributed by atoms with Crippen molar-refractivity contribution in [2.45, 2.75) is 6.61 Å². The van der Waals surface area contributed by atoms with Crippen molar-refractivity contribution in [2.75, 3.05) is 0 Å². The predicted octanol–water partition coefficient (Wildman–Crippen LogP) is 5.62. The minimum Gasteiger partial charge on any atom is -0.489 e. The molecule has 7 heteroatoms. The van der Waals surface area contributed by atoms with Gasteiger partial charge in [0.2, 0.25) is 5.78 Å². The highest BCUT2D eigenvalue weighted by Crippen LogP contribution is 2.21. The van der Waals surface area contributed by atoms with Crippen LogP contribution in [0.2, 0.25) is 5.02 Å². The number of nitrogens with zero attached hydrogens (tertiary/aromatic N) is 2. The normalized spacial score (nSPS) is 10.9. The first kappa shape index (κ1) is 20.8. The molecule has 0 aliphatic rings. The van der Waals surface area contributed by atoms with Gasteiger partial charge in [0, 0.05) is 22.7 Å². The summed E-state index contributed by atoms with van der Waals surface area (Å²) >= 11 is 5.87. The summed E-state index contributed by atoms with van der Waals surface area (Å²) in [7, 11) is 0. The van der Waals surface area contributed by atoms with Crippen LogP contribution in [0.25, 0.3) is 6.08 Å². The summed E-state index contributed by atoms with van der Waals surface area (Å²) < 4.78 is 5.76. The lowest BCUT2D eigenvalue weighted by molar-refractivity contribution is -0.384. The molecule has 0 atom stereocenters. The summed E-state index contributed by atoms with van der Waals surface area (Å²) in [6.07, 6.45) is 1.43. The first-order valence-electron chi connectivity index (χ1n) is 8.84. The molecule has 0 bridgehead atoms. The molecule has 0 saturated carbocycles. The number of benzene rings is 3. The molecule has 0 fully saturated rings. The Morgan fingerprint density at radius 1 is 1.10 bits per heavy atom. The van der Waals surface area contributed by atoms with Crippen LogP contribution >= 0.6 is 11.6 Å². The van der Waals surface area contributed by atoms with E-state index in [0.29, 0.717) is 22.9 Å². The van der Waals surface area contributed by atoms with Gasteiger partial charge in [0.25, 0.3) is 5.69 Å². The molecule has 0 aliphatic heterocycles. The SMILES string of the molecule is N#C/C(=C\c1cccc(OCc2ccc(Cl)cc2)c1)C(=O)c1cccc([N+](=O)[O-])c1. The van der Waals surface area contributed by atoms with E-state index in [0.717, 1.165) is 11.6 Å². The summed E-state index contributed by atoms with van der Waals surface area (Å²) in [4.78, 5) is 23.0. The molecule has 0 saturated heterocycles. The van der Waals surface area contributed by atoms with E-state index in [-0.39, 0.29) is 16.8 Å². The number of halogens is 1. The third kappa shape index (κ3) is 5.31. The Hall–Kier alpha value is -3.95. The quantitative estimate of drug-likeness (QED) is 0.163. The van der Waals surface area contributed by atoms with Crippen molar-refractivity contribution in [3.8, 4) is 11.8 Å². The van der Waals surface area contributed by atoms with E-state index >= 15 is 0 Å². The zero-order valence-electron chi connectivity index (χ0n) is 15.6. The van der Waals surface area contributed by atoms with Gasteiger partial charge in [-0.1, -0.05) is 48.0 Å². The number of hydrogen-bond acceptors (Lipinski definition) is 5. The minimum atomic E-state index is -0.589. The van der Waals surface area contributed by atoms with Crippen molar-refractivity contribution >= 4 is 29.1 Å². The van der Waals surface area contributed by atoms with Gasteiger partial charge in [-0.25, -0.2) is 0 Å². The number of nitro groups is 1. The highest BCUT2D eigenvalue weighted by Gasteiger charge is 2.15. The Kier molecular flexibility index (Phi) is 6.58. The van der Waals surface area contributed by atoms with Gasteiger partial charge in [-0.05, 0) is 41.5 Å². The van der Waals surface area contributed by atoms with E-state index in [2.05, 4.69) is 0 Å². The van der Waals surface area contributed by atoms with E-state index < -0.39 is 10.7 Å². The topological polar surface area (TPSA) is 93.2 Å². The molecular formula is C23H15ClN2O4. The number of hydrogen-bond donors (Lipinski definition) is 0. The van der Waals surface area contributed by atoms with Gasteiger partial charge in [-0.3, -0.25) is 14.9 Å². The van der Waals surface area contributed by atoms with Crippen molar-refractivity contribution in [2.24, 2.45) is 0 Å². The Bertz CT molecular complexity index is 1160. The third-order valence-electron chi connectivity index (χ3n) is 4.17. The number of allylic oxidation sites excluding steroid dienone is 1. The average Bonchev–Trinajstić information content (AvgIpc) is 2.77. The summed E-state index contributed by atoms with van der Waals surface area (Å²) in [6, 6.07) is 21.4. The highest BCUT2D eigenvalue weighted by molar-refractivity contribution is 6.30. The maximum absolute atomic E-state index is 12.6. The monoisotopic (exact) mass is 418 g/mol. The molecule has 3 rings (SSSR count). The third-order valence-corrected chi connectivity index (χ3v) is 4.42. The molecule has 0 aromatic heterocycles. The molecule has 0 N–H and O–H groups in total. The van der Waals surface area contributed by atoms with E-state index in [1.54, 1.807) is 36.4 Å². The fourth-order valence-corrected chi connectivity index (χ4v) is 2.80. The van der Waals surface area contributed by atoms with E-state index in [4.69, 9.17) is 16.3 Å². The molecule has 148 valence electrons. The predicted molar refractivity (Wildman–Crippen MR) is 113 cm³/mol. The van der Waals surface area contributed by atoms with Crippen LogP contribution in [0.4, 0.5) is 5.69 Å². The molecular weight excluding hydrogens is 404 g/mol. The summed E-state index contributed by atoms with van der Waals surface area (Å²) in [5.74, 6) is -0.0209. The Morgan fingerprint density at radius 2 is 1.83 bits per heavy atom. The lowest BCUT2D eigenvalue weighted by Crippen LogP contribution is -2.03. The van der Waals surface area contributed by atoms with Gasteiger partial charge in [0.05, 0.1) is 4.92 Å². The van der Waals surface area contributed by atoms with Crippen LogP contribution in [0.3, 0.4) is 0 Å². The zero-order valence-corrected chi connectivity index (χ0v) is 16.4. The Morgan fingerprint density at radius 3 is 2.53 bits per heavy atom. The van der Waals surface area contributed by atoms with Crippen LogP contribution in [0.1, 0.15) is 21.5 Å². The fraction of sp³-hybridized carbons (Fsp3) is 0.0435. The molecule has 0 aliphatic carbocycles. The number of Topliss-reactive ketones (excluding diaryl/α,β-unsaturated/α-hetero) is 1. The average molecular weight is 419 g/mol. The van der Waals surface area contributed by atoms with Crippen LogP contribution in [-0.2, 0) is 6.61 Å². The molecule has 0 spiro atoms. The summed E-state index contributed by atoms with van der Waals surface area (Å²) in [5.41, 5.74) is 1.27. The van der Waals surface area contributed by atoms with Crippen LogP contribution in [0.15, 0.2) is 78.4 Å². The van der Waals surface area contributed by atoms with Crippen LogP contribution in [-0.4, -0.2) is 10.7 Å². The van der Waals surface area contributed by atoms with Gasteiger partial charge in [0.15, 0.2) is 0 Å².